The van der Waals surface area contributed by atoms with E-state index in [1.54, 1.807) is 27.0 Å². The average molecular weight is 400 g/mol. The Morgan fingerprint density at radius 2 is 2.07 bits per heavy atom. The summed E-state index contributed by atoms with van der Waals surface area (Å²) in [7, 11) is 2.12. The number of hydrogen-bond acceptors (Lipinski definition) is 6. The van der Waals surface area contributed by atoms with Crippen LogP contribution in [0.4, 0.5) is 0 Å². The van der Waals surface area contributed by atoms with Gasteiger partial charge in [-0.25, -0.2) is 9.67 Å². The Morgan fingerprint density at radius 1 is 1.26 bits per heavy atom. The van der Waals surface area contributed by atoms with Crippen molar-refractivity contribution >= 4 is 23.6 Å². The van der Waals surface area contributed by atoms with Crippen LogP contribution in [0.3, 0.4) is 0 Å². The Bertz CT molecular complexity index is 1050. The van der Waals surface area contributed by atoms with Gasteiger partial charge in [-0.05, 0) is 42.7 Å². The van der Waals surface area contributed by atoms with E-state index < -0.39 is 0 Å². The molecule has 0 amide bonds. The lowest BCUT2D eigenvalue weighted by atomic mass is 10.1. The molecular weight excluding hydrogens is 380 g/mol. The second kappa shape index (κ2) is 7.55. The first kappa shape index (κ1) is 17.8. The Kier molecular flexibility index (Phi) is 4.97. The van der Waals surface area contributed by atoms with Crippen molar-refractivity contribution in [2.24, 2.45) is 0 Å². The molecule has 0 saturated carbocycles. The van der Waals surface area contributed by atoms with E-state index in [9.17, 15) is 0 Å². The third kappa shape index (κ3) is 3.75. The van der Waals surface area contributed by atoms with E-state index in [4.69, 9.17) is 16.6 Å². The van der Waals surface area contributed by atoms with Gasteiger partial charge in [0.05, 0.1) is 17.6 Å². The number of nitrogens with one attached hydrogen (secondary N) is 1. The second-order valence-electron chi connectivity index (χ2n) is 6.31. The van der Waals surface area contributed by atoms with Crippen molar-refractivity contribution in [1.82, 2.24) is 24.5 Å². The summed E-state index contributed by atoms with van der Waals surface area (Å²) >= 11 is 6.93. The molecule has 9 heteroatoms. The normalized spacial score (nSPS) is 13.6. The molecule has 4 aromatic rings. The largest absolute Gasteiger partial charge is 0.408 e. The molecule has 0 radical (unpaired) electrons. The molecule has 1 unspecified atom stereocenters. The molecule has 0 saturated heterocycles. The van der Waals surface area contributed by atoms with E-state index in [2.05, 4.69) is 41.3 Å². The lowest BCUT2D eigenvalue weighted by molar-refractivity contribution is -0.933. The third-order valence-corrected chi connectivity index (χ3v) is 5.70. The van der Waals surface area contributed by atoms with E-state index in [0.29, 0.717) is 17.4 Å². The smallest absolute Gasteiger partial charge is 0.292 e. The number of nitrogens with zero attached hydrogens (tertiary/aromatic N) is 5. The summed E-state index contributed by atoms with van der Waals surface area (Å²) < 4.78 is 9.14. The summed E-state index contributed by atoms with van der Waals surface area (Å²) in [6.45, 7) is 2.81. The summed E-state index contributed by atoms with van der Waals surface area (Å²) in [5, 5.41) is 10.7. The third-order valence-electron chi connectivity index (χ3n) is 4.55. The van der Waals surface area contributed by atoms with Crippen LogP contribution in [0.15, 0.2) is 58.9 Å². The van der Waals surface area contributed by atoms with Gasteiger partial charge in [0.25, 0.3) is 10.7 Å². The van der Waals surface area contributed by atoms with Crippen LogP contribution in [-0.2, 0) is 6.67 Å². The molecular formula is C18H19N6OS2+. The number of hydrogen-bond donors (Lipinski definition) is 1. The Hall–Kier alpha value is -2.62. The summed E-state index contributed by atoms with van der Waals surface area (Å²) in [6, 6.07) is 12.5. The Labute approximate surface area is 165 Å². The minimum absolute atomic E-state index is 0.263. The summed E-state index contributed by atoms with van der Waals surface area (Å²) in [4.78, 5) is 6.61. The summed E-state index contributed by atoms with van der Waals surface area (Å²) in [5.74, 6) is 0.577. The van der Waals surface area contributed by atoms with E-state index in [1.807, 2.05) is 29.6 Å². The number of thiophene rings is 1. The van der Waals surface area contributed by atoms with E-state index in [-0.39, 0.29) is 6.04 Å². The first-order valence-electron chi connectivity index (χ1n) is 8.51. The monoisotopic (exact) mass is 399 g/mol. The van der Waals surface area contributed by atoms with E-state index >= 15 is 0 Å². The molecule has 7 nitrogen and oxygen atoms in total. The van der Waals surface area contributed by atoms with Crippen molar-refractivity contribution in [3.8, 4) is 16.5 Å². The van der Waals surface area contributed by atoms with Crippen LogP contribution >= 0.6 is 23.6 Å². The number of quaternary nitrogens is 1. The molecule has 0 aliphatic heterocycles. The Balaban J connectivity index is 1.48. The molecule has 138 valence electrons. The van der Waals surface area contributed by atoms with Crippen LogP contribution in [0.2, 0.25) is 0 Å². The van der Waals surface area contributed by atoms with Gasteiger partial charge < -0.3 is 9.32 Å². The maximum absolute atomic E-state index is 5.65. The predicted molar refractivity (Wildman–Crippen MR) is 105 cm³/mol. The van der Waals surface area contributed by atoms with Gasteiger partial charge in [-0.2, -0.15) is 9.78 Å². The predicted octanol–water partition coefficient (Wildman–Crippen LogP) is 2.75. The van der Waals surface area contributed by atoms with Crippen LogP contribution in [0.25, 0.3) is 16.5 Å². The number of aromatic nitrogens is 5. The highest BCUT2D eigenvalue weighted by Crippen LogP contribution is 2.22. The zero-order chi connectivity index (χ0) is 18.8. The molecule has 0 aliphatic rings. The van der Waals surface area contributed by atoms with Gasteiger partial charge in [-0.3, -0.25) is 0 Å². The molecule has 0 fully saturated rings. The molecule has 1 aromatic carbocycles. The molecule has 3 aromatic heterocycles. The highest BCUT2D eigenvalue weighted by molar-refractivity contribution is 7.71. The summed E-state index contributed by atoms with van der Waals surface area (Å²) in [5.41, 5.74) is 2.21. The second-order valence-corrected chi connectivity index (χ2v) is 7.60. The summed E-state index contributed by atoms with van der Waals surface area (Å²) in [6.07, 6.45) is 3.22. The van der Waals surface area contributed by atoms with Gasteiger partial charge >= 0.3 is 0 Å². The average Bonchev–Trinajstić information content (AvgIpc) is 3.44. The fourth-order valence-corrected chi connectivity index (χ4v) is 3.65. The molecule has 27 heavy (non-hydrogen) atoms. The zero-order valence-electron chi connectivity index (χ0n) is 14.9. The van der Waals surface area contributed by atoms with Gasteiger partial charge in [0.1, 0.15) is 18.7 Å². The fraction of sp³-hybridized carbons (Fsp3) is 0.222. The van der Waals surface area contributed by atoms with Gasteiger partial charge in [-0.1, -0.05) is 18.2 Å². The lowest BCUT2D eigenvalue weighted by Gasteiger charge is -2.21. The molecule has 0 aliphatic carbocycles. The molecule has 0 bridgehead atoms. The maximum atomic E-state index is 5.65. The minimum Gasteiger partial charge on any atom is -0.408 e. The van der Waals surface area contributed by atoms with Crippen LogP contribution in [0, 0.1) is 4.84 Å². The lowest BCUT2D eigenvalue weighted by Crippen LogP contribution is -3.08. The fourth-order valence-electron chi connectivity index (χ4n) is 2.82. The molecule has 0 spiro atoms. The number of rotatable bonds is 6. The molecule has 2 atom stereocenters. The topological polar surface area (TPSA) is 66.1 Å². The van der Waals surface area contributed by atoms with E-state index in [1.165, 1.54) is 16.8 Å². The molecule has 3 heterocycles. The minimum atomic E-state index is 0.263. The molecule has 4 rings (SSSR count). The first-order chi connectivity index (χ1) is 13.1. The van der Waals surface area contributed by atoms with Crippen molar-refractivity contribution in [2.75, 3.05) is 7.05 Å². The van der Waals surface area contributed by atoms with Crippen LogP contribution in [0.5, 0.6) is 0 Å². The van der Waals surface area contributed by atoms with Crippen molar-refractivity contribution in [2.45, 2.75) is 19.6 Å². The highest BCUT2D eigenvalue weighted by Gasteiger charge is 2.18. The van der Waals surface area contributed by atoms with Crippen LogP contribution in [0.1, 0.15) is 18.5 Å². The molecule has 1 N–H and O–H groups in total. The van der Waals surface area contributed by atoms with E-state index in [0.717, 1.165) is 10.6 Å². The Morgan fingerprint density at radius 3 is 2.74 bits per heavy atom. The van der Waals surface area contributed by atoms with Gasteiger partial charge in [-0.15, -0.1) is 16.4 Å². The van der Waals surface area contributed by atoms with Gasteiger partial charge in [0.2, 0.25) is 0 Å². The van der Waals surface area contributed by atoms with Crippen molar-refractivity contribution < 1.29 is 9.32 Å². The standard InChI is InChI=1S/C18H18N6OS2/c1-13(14-5-7-15(8-6-14)23-11-19-10-20-23)22(2)12-24-18(26)25-17(21-24)16-4-3-9-27-16/h3-11,13H,12H2,1-2H3/p+1/t13-/m0/s1. The SMILES string of the molecule is C[C@@H](c1ccc(-n2cncn2)cc1)[NH+](C)Cn1nc(-c2cccs2)oc1=S. The van der Waals surface area contributed by atoms with Crippen molar-refractivity contribution in [3.63, 3.8) is 0 Å². The maximum Gasteiger partial charge on any atom is 0.292 e. The van der Waals surface area contributed by atoms with Crippen molar-refractivity contribution in [3.05, 3.63) is 64.8 Å². The van der Waals surface area contributed by atoms with Crippen LogP contribution in [-0.4, -0.2) is 31.6 Å². The van der Waals surface area contributed by atoms with Crippen LogP contribution < -0.4 is 4.90 Å². The zero-order valence-corrected chi connectivity index (χ0v) is 16.6. The quantitative estimate of drug-likeness (QED) is 0.505. The van der Waals surface area contributed by atoms with Crippen molar-refractivity contribution in [1.29, 1.82) is 0 Å². The van der Waals surface area contributed by atoms with Gasteiger partial charge in [0, 0.05) is 5.56 Å². The number of benzene rings is 1. The first-order valence-corrected chi connectivity index (χ1v) is 9.79. The highest BCUT2D eigenvalue weighted by atomic mass is 32.1. The van der Waals surface area contributed by atoms with Gasteiger partial charge in [0.15, 0.2) is 6.67 Å².